The molecule has 1 atom stereocenters. The van der Waals surface area contributed by atoms with Crippen LogP contribution in [0.25, 0.3) is 0 Å². The normalized spacial score (nSPS) is 18.4. The molecule has 0 saturated carbocycles. The van der Waals surface area contributed by atoms with Gasteiger partial charge < -0.3 is 10.6 Å². The number of piperidine rings is 1. The number of hydrogen-bond donors (Lipinski definition) is 2. The van der Waals surface area contributed by atoms with Crippen LogP contribution >= 0.6 is 0 Å². The Morgan fingerprint density at radius 1 is 1.45 bits per heavy atom. The van der Waals surface area contributed by atoms with E-state index in [-0.39, 0.29) is 24.4 Å². The minimum Gasteiger partial charge on any atom is -0.354 e. The molecular weight excluding hydrogens is 264 g/mol. The van der Waals surface area contributed by atoms with Crippen LogP contribution in [0, 0.1) is 0 Å². The number of amides is 2. The fourth-order valence-electron chi connectivity index (χ4n) is 2.02. The Hall–Kier alpha value is -2.38. The van der Waals surface area contributed by atoms with Gasteiger partial charge in [-0.05, 0) is 6.42 Å². The van der Waals surface area contributed by atoms with Crippen molar-refractivity contribution < 1.29 is 9.59 Å². The van der Waals surface area contributed by atoms with Crippen molar-refractivity contribution in [2.45, 2.75) is 25.4 Å². The molecule has 0 aliphatic carbocycles. The standard InChI is InChI=1S/C12H16N4O4/c1-15-11(19)4-5-16(12(15)20)7-10(18)14-8-2-3-9(17)13-6-8/h4-5,8H,2-3,6-7H2,1H3,(H,13,17)(H,14,18). The molecule has 0 spiro atoms. The Bertz CT molecular complexity index is 636. The minimum absolute atomic E-state index is 0.0234. The maximum absolute atomic E-state index is 11.8. The smallest absolute Gasteiger partial charge is 0.331 e. The summed E-state index contributed by atoms with van der Waals surface area (Å²) in [4.78, 5) is 45.8. The second kappa shape index (κ2) is 5.72. The van der Waals surface area contributed by atoms with E-state index in [9.17, 15) is 19.2 Å². The van der Waals surface area contributed by atoms with Crippen molar-refractivity contribution in [1.29, 1.82) is 0 Å². The average Bonchev–Trinajstić information content (AvgIpc) is 2.42. The average molecular weight is 280 g/mol. The summed E-state index contributed by atoms with van der Waals surface area (Å²) in [5, 5.41) is 5.41. The number of nitrogens with one attached hydrogen (secondary N) is 2. The zero-order chi connectivity index (χ0) is 14.7. The van der Waals surface area contributed by atoms with Crippen molar-refractivity contribution in [1.82, 2.24) is 19.8 Å². The quantitative estimate of drug-likeness (QED) is 0.664. The highest BCUT2D eigenvalue weighted by atomic mass is 16.2. The second-order valence-corrected chi connectivity index (χ2v) is 4.73. The van der Waals surface area contributed by atoms with E-state index < -0.39 is 11.2 Å². The molecule has 1 unspecified atom stereocenters. The number of hydrogen-bond acceptors (Lipinski definition) is 4. The van der Waals surface area contributed by atoms with E-state index in [1.54, 1.807) is 0 Å². The van der Waals surface area contributed by atoms with Gasteiger partial charge in [0.15, 0.2) is 0 Å². The molecule has 8 nitrogen and oxygen atoms in total. The first-order valence-electron chi connectivity index (χ1n) is 6.30. The van der Waals surface area contributed by atoms with Crippen molar-refractivity contribution in [3.05, 3.63) is 33.1 Å². The van der Waals surface area contributed by atoms with Gasteiger partial charge in [0, 0.05) is 38.3 Å². The first-order valence-corrected chi connectivity index (χ1v) is 6.30. The molecule has 0 radical (unpaired) electrons. The van der Waals surface area contributed by atoms with Gasteiger partial charge in [-0.3, -0.25) is 23.5 Å². The van der Waals surface area contributed by atoms with Gasteiger partial charge in [-0.1, -0.05) is 0 Å². The molecule has 2 amide bonds. The summed E-state index contributed by atoms with van der Waals surface area (Å²) in [6.07, 6.45) is 2.26. The molecule has 0 bridgehead atoms. The summed E-state index contributed by atoms with van der Waals surface area (Å²) in [6.45, 7) is 0.240. The molecule has 1 aromatic rings. The van der Waals surface area contributed by atoms with Crippen LogP contribution in [0.2, 0.25) is 0 Å². The van der Waals surface area contributed by atoms with E-state index >= 15 is 0 Å². The summed E-state index contributed by atoms with van der Waals surface area (Å²) in [6, 6.07) is 1.11. The third-order valence-corrected chi connectivity index (χ3v) is 3.20. The Morgan fingerprint density at radius 2 is 2.20 bits per heavy atom. The molecule has 2 heterocycles. The van der Waals surface area contributed by atoms with Gasteiger partial charge in [-0.2, -0.15) is 0 Å². The number of nitrogens with zero attached hydrogens (tertiary/aromatic N) is 2. The van der Waals surface area contributed by atoms with Gasteiger partial charge in [0.2, 0.25) is 11.8 Å². The lowest BCUT2D eigenvalue weighted by molar-refractivity contribution is -0.126. The van der Waals surface area contributed by atoms with Gasteiger partial charge >= 0.3 is 5.69 Å². The van der Waals surface area contributed by atoms with Gasteiger partial charge in [-0.15, -0.1) is 0 Å². The van der Waals surface area contributed by atoms with Crippen LogP contribution in [0.15, 0.2) is 21.9 Å². The monoisotopic (exact) mass is 280 g/mol. The lowest BCUT2D eigenvalue weighted by Crippen LogP contribution is -2.49. The van der Waals surface area contributed by atoms with Gasteiger partial charge in [0.25, 0.3) is 5.56 Å². The van der Waals surface area contributed by atoms with Crippen LogP contribution in [-0.4, -0.2) is 33.5 Å². The lowest BCUT2D eigenvalue weighted by atomic mass is 10.1. The highest BCUT2D eigenvalue weighted by Crippen LogP contribution is 2.02. The van der Waals surface area contributed by atoms with Gasteiger partial charge in [0.05, 0.1) is 0 Å². The van der Waals surface area contributed by atoms with Gasteiger partial charge in [0.1, 0.15) is 6.54 Å². The van der Waals surface area contributed by atoms with E-state index in [2.05, 4.69) is 10.6 Å². The predicted molar refractivity (Wildman–Crippen MR) is 70.1 cm³/mol. The minimum atomic E-state index is -0.537. The van der Waals surface area contributed by atoms with E-state index in [0.29, 0.717) is 19.4 Å². The first-order chi connectivity index (χ1) is 9.47. The van der Waals surface area contributed by atoms with Crippen LogP contribution < -0.4 is 21.9 Å². The maximum atomic E-state index is 11.8. The highest BCUT2D eigenvalue weighted by molar-refractivity contribution is 5.78. The molecule has 108 valence electrons. The molecule has 20 heavy (non-hydrogen) atoms. The predicted octanol–water partition coefficient (Wildman–Crippen LogP) is -2.06. The Labute approximate surface area is 114 Å². The molecule has 1 fully saturated rings. The van der Waals surface area contributed by atoms with E-state index in [1.165, 1.54) is 19.3 Å². The molecule has 8 heteroatoms. The number of carbonyl (C=O) groups excluding carboxylic acids is 2. The summed E-state index contributed by atoms with van der Waals surface area (Å²) in [5.41, 5.74) is -0.953. The summed E-state index contributed by atoms with van der Waals surface area (Å²) in [5.74, 6) is -0.350. The molecule has 1 aromatic heterocycles. The zero-order valence-corrected chi connectivity index (χ0v) is 11.1. The van der Waals surface area contributed by atoms with Crippen LogP contribution in [0.5, 0.6) is 0 Å². The van der Waals surface area contributed by atoms with Crippen molar-refractivity contribution in [3.63, 3.8) is 0 Å². The Balaban J connectivity index is 1.98. The number of rotatable bonds is 3. The summed E-state index contributed by atoms with van der Waals surface area (Å²) in [7, 11) is 1.36. The van der Waals surface area contributed by atoms with Crippen molar-refractivity contribution in [2.24, 2.45) is 7.05 Å². The van der Waals surface area contributed by atoms with Gasteiger partial charge in [-0.25, -0.2) is 4.79 Å². The van der Waals surface area contributed by atoms with E-state index in [1.807, 2.05) is 0 Å². The molecular formula is C12H16N4O4. The van der Waals surface area contributed by atoms with Crippen LogP contribution in [0.4, 0.5) is 0 Å². The molecule has 2 N–H and O–H groups in total. The van der Waals surface area contributed by atoms with Crippen LogP contribution in [0.1, 0.15) is 12.8 Å². The Kier molecular flexibility index (Phi) is 4.02. The van der Waals surface area contributed by atoms with E-state index in [0.717, 1.165) is 9.13 Å². The number of aromatic nitrogens is 2. The fourth-order valence-corrected chi connectivity index (χ4v) is 2.02. The van der Waals surface area contributed by atoms with Crippen molar-refractivity contribution in [2.75, 3.05) is 6.54 Å². The largest absolute Gasteiger partial charge is 0.354 e. The first kappa shape index (κ1) is 14.0. The van der Waals surface area contributed by atoms with Crippen LogP contribution in [0.3, 0.4) is 0 Å². The molecule has 1 aliphatic rings. The third-order valence-electron chi connectivity index (χ3n) is 3.20. The SMILES string of the molecule is Cn1c(=O)ccn(CC(=O)NC2CCC(=O)NC2)c1=O. The summed E-state index contributed by atoms with van der Waals surface area (Å²) >= 11 is 0. The summed E-state index contributed by atoms with van der Waals surface area (Å²) < 4.78 is 2.10. The maximum Gasteiger partial charge on any atom is 0.331 e. The second-order valence-electron chi connectivity index (χ2n) is 4.73. The molecule has 0 aromatic carbocycles. The topological polar surface area (TPSA) is 102 Å². The number of carbonyl (C=O) groups is 2. The van der Waals surface area contributed by atoms with Crippen molar-refractivity contribution in [3.8, 4) is 0 Å². The van der Waals surface area contributed by atoms with E-state index in [4.69, 9.17) is 0 Å². The molecule has 1 saturated heterocycles. The fraction of sp³-hybridized carbons (Fsp3) is 0.500. The van der Waals surface area contributed by atoms with Crippen molar-refractivity contribution >= 4 is 11.8 Å². The third kappa shape index (κ3) is 3.14. The zero-order valence-electron chi connectivity index (χ0n) is 11.1. The van der Waals surface area contributed by atoms with Crippen LogP contribution in [-0.2, 0) is 23.2 Å². The lowest BCUT2D eigenvalue weighted by Gasteiger charge is -2.23. The Morgan fingerprint density at radius 3 is 2.85 bits per heavy atom. The molecule has 1 aliphatic heterocycles. The molecule has 2 rings (SSSR count). The highest BCUT2D eigenvalue weighted by Gasteiger charge is 2.19.